The predicted octanol–water partition coefficient (Wildman–Crippen LogP) is 4.44. The van der Waals surface area contributed by atoms with Gasteiger partial charge in [-0.1, -0.05) is 42.5 Å². The summed E-state index contributed by atoms with van der Waals surface area (Å²) in [4.78, 5) is 34.8. The Bertz CT molecular complexity index is 1050. The number of carbonyl (C=O) groups excluding carboxylic acids is 2. The van der Waals surface area contributed by atoms with Gasteiger partial charge >= 0.3 is 0 Å². The molecule has 0 bridgehead atoms. The molecule has 2 fully saturated rings. The van der Waals surface area contributed by atoms with E-state index in [1.54, 1.807) is 11.3 Å². The SMILES string of the molecule is O=C1CC(C(=O)N2CCCCC2c2nc3ccccc3s2)CN1CCc1ccccc1. The minimum absolute atomic E-state index is 0.0344. The average molecular weight is 434 g/mol. The Labute approximate surface area is 186 Å². The average Bonchev–Trinajstić information content (AvgIpc) is 3.41. The smallest absolute Gasteiger partial charge is 0.228 e. The Morgan fingerprint density at radius 2 is 1.87 bits per heavy atom. The lowest BCUT2D eigenvalue weighted by atomic mass is 9.99. The summed E-state index contributed by atoms with van der Waals surface area (Å²) in [7, 11) is 0. The number of thiazole rings is 1. The van der Waals surface area contributed by atoms with Gasteiger partial charge in [0, 0.05) is 26.1 Å². The highest BCUT2D eigenvalue weighted by atomic mass is 32.1. The third-order valence-electron chi connectivity index (χ3n) is 6.46. The number of amides is 2. The zero-order chi connectivity index (χ0) is 21.2. The van der Waals surface area contributed by atoms with E-state index in [2.05, 4.69) is 18.2 Å². The van der Waals surface area contributed by atoms with Crippen LogP contribution in [0.1, 0.15) is 42.3 Å². The molecule has 0 radical (unpaired) electrons. The molecule has 3 heterocycles. The van der Waals surface area contributed by atoms with E-state index in [1.165, 1.54) is 10.3 Å². The van der Waals surface area contributed by atoms with Crippen LogP contribution in [-0.4, -0.2) is 46.2 Å². The molecule has 160 valence electrons. The van der Waals surface area contributed by atoms with Gasteiger partial charge in [0.05, 0.1) is 22.2 Å². The Hall–Kier alpha value is -2.73. The van der Waals surface area contributed by atoms with Crippen LogP contribution in [-0.2, 0) is 16.0 Å². The molecule has 0 aliphatic carbocycles. The van der Waals surface area contributed by atoms with E-state index in [-0.39, 0.29) is 23.8 Å². The fraction of sp³-hybridized carbons (Fsp3) is 0.400. The molecule has 2 aliphatic heterocycles. The second-order valence-corrected chi connectivity index (χ2v) is 9.60. The largest absolute Gasteiger partial charge is 0.342 e. The molecule has 6 heteroatoms. The third-order valence-corrected chi connectivity index (χ3v) is 7.60. The highest BCUT2D eigenvalue weighted by Gasteiger charge is 2.39. The number of benzene rings is 2. The van der Waals surface area contributed by atoms with Crippen LogP contribution in [0, 0.1) is 5.92 Å². The number of piperidine rings is 1. The van der Waals surface area contributed by atoms with Crippen molar-refractivity contribution in [3.05, 3.63) is 65.2 Å². The number of hydrogen-bond donors (Lipinski definition) is 0. The lowest BCUT2D eigenvalue weighted by molar-refractivity contribution is -0.139. The maximum atomic E-state index is 13.5. The van der Waals surface area contributed by atoms with E-state index < -0.39 is 0 Å². The van der Waals surface area contributed by atoms with Crippen molar-refractivity contribution < 1.29 is 9.59 Å². The maximum absolute atomic E-state index is 13.5. The Morgan fingerprint density at radius 3 is 2.71 bits per heavy atom. The molecule has 2 atom stereocenters. The van der Waals surface area contributed by atoms with Gasteiger partial charge in [-0.25, -0.2) is 4.98 Å². The predicted molar refractivity (Wildman–Crippen MR) is 123 cm³/mol. The van der Waals surface area contributed by atoms with Crippen molar-refractivity contribution in [1.82, 2.24) is 14.8 Å². The number of aromatic nitrogens is 1. The van der Waals surface area contributed by atoms with Crippen LogP contribution < -0.4 is 0 Å². The summed E-state index contributed by atoms with van der Waals surface area (Å²) in [6.07, 6.45) is 4.23. The molecule has 0 spiro atoms. The van der Waals surface area contributed by atoms with E-state index in [1.807, 2.05) is 46.2 Å². The molecule has 0 saturated carbocycles. The van der Waals surface area contributed by atoms with E-state index in [9.17, 15) is 9.59 Å². The Morgan fingerprint density at radius 1 is 1.06 bits per heavy atom. The number of nitrogens with zero attached hydrogens (tertiary/aromatic N) is 3. The Kier molecular flexibility index (Phi) is 5.72. The molecule has 31 heavy (non-hydrogen) atoms. The van der Waals surface area contributed by atoms with E-state index in [4.69, 9.17) is 4.98 Å². The molecule has 0 N–H and O–H groups in total. The van der Waals surface area contributed by atoms with Crippen molar-refractivity contribution >= 4 is 33.4 Å². The monoisotopic (exact) mass is 433 g/mol. The third kappa shape index (κ3) is 4.22. The van der Waals surface area contributed by atoms with Crippen molar-refractivity contribution in [2.75, 3.05) is 19.6 Å². The summed E-state index contributed by atoms with van der Waals surface area (Å²) >= 11 is 1.69. The first-order valence-corrected chi connectivity index (χ1v) is 12.0. The standard InChI is InChI=1S/C25H27N3O2S/c29-23-16-19(17-27(23)15-13-18-8-2-1-3-9-18)25(30)28-14-7-6-11-21(28)24-26-20-10-4-5-12-22(20)31-24/h1-5,8-10,12,19,21H,6-7,11,13-17H2. The lowest BCUT2D eigenvalue weighted by Gasteiger charge is -2.36. The van der Waals surface area contributed by atoms with E-state index in [0.717, 1.165) is 42.8 Å². The number of fused-ring (bicyclic) bond motifs is 1. The van der Waals surface area contributed by atoms with E-state index in [0.29, 0.717) is 19.5 Å². The normalized spacial score (nSPS) is 21.7. The lowest BCUT2D eigenvalue weighted by Crippen LogP contribution is -2.42. The first kappa shape index (κ1) is 20.2. The zero-order valence-corrected chi connectivity index (χ0v) is 18.4. The van der Waals surface area contributed by atoms with Crippen molar-refractivity contribution in [2.24, 2.45) is 5.92 Å². The van der Waals surface area contributed by atoms with Gasteiger partial charge in [0.15, 0.2) is 0 Å². The Balaban J connectivity index is 1.28. The van der Waals surface area contributed by atoms with Gasteiger partial charge in [-0.3, -0.25) is 9.59 Å². The molecule has 2 amide bonds. The van der Waals surface area contributed by atoms with Crippen molar-refractivity contribution in [3.8, 4) is 0 Å². The van der Waals surface area contributed by atoms with Gasteiger partial charge in [0.25, 0.3) is 0 Å². The topological polar surface area (TPSA) is 53.5 Å². The van der Waals surface area contributed by atoms with Crippen LogP contribution >= 0.6 is 11.3 Å². The fourth-order valence-corrected chi connectivity index (χ4v) is 5.90. The van der Waals surface area contributed by atoms with Crippen molar-refractivity contribution in [2.45, 2.75) is 38.1 Å². The molecular formula is C25H27N3O2S. The molecule has 5 rings (SSSR count). The maximum Gasteiger partial charge on any atom is 0.228 e. The summed E-state index contributed by atoms with van der Waals surface area (Å²) in [5.74, 6) is -0.0133. The van der Waals surface area contributed by atoms with Crippen molar-refractivity contribution in [1.29, 1.82) is 0 Å². The van der Waals surface area contributed by atoms with Crippen LogP contribution in [0.4, 0.5) is 0 Å². The summed E-state index contributed by atoms with van der Waals surface area (Å²) in [5.41, 5.74) is 2.22. The zero-order valence-electron chi connectivity index (χ0n) is 17.6. The summed E-state index contributed by atoms with van der Waals surface area (Å²) in [6, 6.07) is 18.4. The molecule has 5 nitrogen and oxygen atoms in total. The number of carbonyl (C=O) groups is 2. The van der Waals surface area contributed by atoms with Crippen LogP contribution in [0.25, 0.3) is 10.2 Å². The van der Waals surface area contributed by atoms with Gasteiger partial charge < -0.3 is 9.80 Å². The summed E-state index contributed by atoms with van der Waals surface area (Å²) < 4.78 is 1.17. The van der Waals surface area contributed by atoms with E-state index >= 15 is 0 Å². The first-order chi connectivity index (χ1) is 15.2. The molecule has 2 aliphatic rings. The quantitative estimate of drug-likeness (QED) is 0.598. The van der Waals surface area contributed by atoms with Crippen molar-refractivity contribution in [3.63, 3.8) is 0 Å². The fourth-order valence-electron chi connectivity index (χ4n) is 4.78. The highest BCUT2D eigenvalue weighted by molar-refractivity contribution is 7.18. The number of likely N-dealkylation sites (tertiary alicyclic amines) is 2. The van der Waals surface area contributed by atoms with Crippen LogP contribution in [0.5, 0.6) is 0 Å². The molecule has 3 aromatic rings. The molecule has 1 aromatic heterocycles. The number of rotatable bonds is 5. The van der Waals surface area contributed by atoms with Gasteiger partial charge in [-0.2, -0.15) is 0 Å². The molecule has 2 aromatic carbocycles. The summed E-state index contributed by atoms with van der Waals surface area (Å²) in [6.45, 7) is 1.97. The molecular weight excluding hydrogens is 406 g/mol. The van der Waals surface area contributed by atoms with Gasteiger partial charge in [0.2, 0.25) is 11.8 Å². The molecule has 2 saturated heterocycles. The van der Waals surface area contributed by atoms with Gasteiger partial charge in [-0.05, 0) is 43.4 Å². The molecule has 2 unspecified atom stereocenters. The van der Waals surface area contributed by atoms with Crippen LogP contribution in [0.3, 0.4) is 0 Å². The number of para-hydroxylation sites is 1. The second kappa shape index (κ2) is 8.79. The van der Waals surface area contributed by atoms with Gasteiger partial charge in [-0.15, -0.1) is 11.3 Å². The number of hydrogen-bond acceptors (Lipinski definition) is 4. The highest BCUT2D eigenvalue weighted by Crippen LogP contribution is 2.37. The first-order valence-electron chi connectivity index (χ1n) is 11.2. The minimum atomic E-state index is -0.238. The second-order valence-electron chi connectivity index (χ2n) is 8.54. The van der Waals surface area contributed by atoms with Crippen LogP contribution in [0.2, 0.25) is 0 Å². The summed E-state index contributed by atoms with van der Waals surface area (Å²) in [5, 5.41) is 1.03. The van der Waals surface area contributed by atoms with Gasteiger partial charge in [0.1, 0.15) is 5.01 Å². The van der Waals surface area contributed by atoms with Crippen LogP contribution in [0.15, 0.2) is 54.6 Å². The minimum Gasteiger partial charge on any atom is -0.342 e.